The van der Waals surface area contributed by atoms with Crippen LogP contribution >= 0.6 is 0 Å². The molecule has 1 aliphatic rings. The second kappa shape index (κ2) is 4.30. The van der Waals surface area contributed by atoms with Crippen molar-refractivity contribution in [1.82, 2.24) is 0 Å². The van der Waals surface area contributed by atoms with Gasteiger partial charge in [-0.1, -0.05) is 6.07 Å². The van der Waals surface area contributed by atoms with E-state index in [1.54, 1.807) is 6.07 Å². The summed E-state index contributed by atoms with van der Waals surface area (Å²) in [4.78, 5) is 10.5. The smallest absolute Gasteiger partial charge is 0.311 e. The number of carboxylic acids is 1. The summed E-state index contributed by atoms with van der Waals surface area (Å²) >= 11 is 0. The van der Waals surface area contributed by atoms with Crippen LogP contribution in [0.4, 0.5) is 5.69 Å². The van der Waals surface area contributed by atoms with E-state index in [4.69, 9.17) is 9.84 Å². The van der Waals surface area contributed by atoms with Gasteiger partial charge in [0.05, 0.1) is 12.8 Å². The third-order valence-corrected chi connectivity index (χ3v) is 3.68. The van der Waals surface area contributed by atoms with Gasteiger partial charge in [-0.15, -0.1) is 4.40 Å². The van der Waals surface area contributed by atoms with Crippen molar-refractivity contribution in [2.75, 3.05) is 12.4 Å². The number of anilines is 1. The zero-order chi connectivity index (χ0) is 13.3. The number of fused-ring (bicyclic) bond motifs is 1. The Morgan fingerprint density at radius 1 is 1.50 bits per heavy atom. The van der Waals surface area contributed by atoms with Gasteiger partial charge >= 0.3 is 5.97 Å². The number of nitrogens with zero attached hydrogens (tertiary/aromatic N) is 1. The van der Waals surface area contributed by atoms with Crippen LogP contribution in [0.5, 0.6) is 5.75 Å². The molecule has 0 saturated heterocycles. The molecule has 0 aromatic heterocycles. The van der Waals surface area contributed by atoms with E-state index in [0.29, 0.717) is 0 Å². The molecule has 0 fully saturated rings. The van der Waals surface area contributed by atoms with E-state index >= 15 is 0 Å². The van der Waals surface area contributed by atoms with Gasteiger partial charge in [0.25, 0.3) is 10.0 Å². The van der Waals surface area contributed by atoms with Crippen molar-refractivity contribution in [3.63, 3.8) is 0 Å². The predicted octanol–water partition coefficient (Wildman–Crippen LogP) is 0.683. The molecule has 0 saturated carbocycles. The number of amidine groups is 1. The first-order chi connectivity index (χ1) is 8.44. The van der Waals surface area contributed by atoms with Crippen LogP contribution < -0.4 is 10.1 Å². The highest BCUT2D eigenvalue weighted by Crippen LogP contribution is 2.35. The summed E-state index contributed by atoms with van der Waals surface area (Å²) in [7, 11) is -2.59. The van der Waals surface area contributed by atoms with E-state index in [2.05, 4.69) is 9.71 Å². The van der Waals surface area contributed by atoms with Gasteiger partial charge < -0.3 is 15.2 Å². The summed E-state index contributed by atoms with van der Waals surface area (Å²) in [5, 5.41) is 11.3. The molecule has 0 atom stereocenters. The van der Waals surface area contributed by atoms with Crippen molar-refractivity contribution in [3.05, 3.63) is 18.2 Å². The molecule has 0 unspecified atom stereocenters. The lowest BCUT2D eigenvalue weighted by Crippen LogP contribution is -2.24. The highest BCUT2D eigenvalue weighted by molar-refractivity contribution is 7.90. The van der Waals surface area contributed by atoms with Gasteiger partial charge in [0, 0.05) is 0 Å². The Morgan fingerprint density at radius 2 is 2.22 bits per heavy atom. The summed E-state index contributed by atoms with van der Waals surface area (Å²) in [6.45, 7) is 0. The number of nitrogens with one attached hydrogen (secondary N) is 1. The summed E-state index contributed by atoms with van der Waals surface area (Å²) in [5.74, 6) is -1.12. The van der Waals surface area contributed by atoms with E-state index in [0.717, 1.165) is 0 Å². The average Bonchev–Trinajstić information content (AvgIpc) is 2.26. The molecular weight excluding hydrogens is 260 g/mol. The number of carbonyl (C=O) groups is 1. The molecule has 7 nitrogen and oxygen atoms in total. The summed E-state index contributed by atoms with van der Waals surface area (Å²) in [6, 6.07) is 4.62. The first kappa shape index (κ1) is 12.4. The number of aliphatic carboxylic acids is 1. The van der Waals surface area contributed by atoms with Crippen LogP contribution in [0.2, 0.25) is 0 Å². The zero-order valence-corrected chi connectivity index (χ0v) is 10.2. The minimum atomic E-state index is -3.94. The Kier molecular flexibility index (Phi) is 2.95. The Labute approximate surface area is 103 Å². The van der Waals surface area contributed by atoms with Crippen LogP contribution in [-0.2, 0) is 14.8 Å². The minimum Gasteiger partial charge on any atom is -0.495 e. The van der Waals surface area contributed by atoms with Crippen LogP contribution in [0.25, 0.3) is 0 Å². The van der Waals surface area contributed by atoms with E-state index in [1.807, 2.05) is 0 Å². The van der Waals surface area contributed by atoms with Crippen molar-refractivity contribution >= 4 is 27.5 Å². The summed E-state index contributed by atoms with van der Waals surface area (Å²) < 4.78 is 32.3. The Morgan fingerprint density at radius 3 is 2.83 bits per heavy atom. The van der Waals surface area contributed by atoms with Gasteiger partial charge in [-0.3, -0.25) is 4.79 Å². The molecule has 0 amide bonds. The quantitative estimate of drug-likeness (QED) is 0.836. The van der Waals surface area contributed by atoms with Gasteiger partial charge in [-0.2, -0.15) is 8.42 Å². The third kappa shape index (κ3) is 2.14. The molecule has 0 radical (unpaired) electrons. The fourth-order valence-corrected chi connectivity index (χ4v) is 2.92. The standard InChI is InChI=1S/C10H10N2O5S/c1-17-7-4-2-3-6-10(7)18(15,16)12-8(11-6)5-9(13)14/h2-4H,5H2,1H3,(H,11,12)(H,13,14). The molecule has 1 aromatic carbocycles. The molecule has 0 aliphatic carbocycles. The van der Waals surface area contributed by atoms with Gasteiger partial charge in [0.1, 0.15) is 18.0 Å². The number of rotatable bonds is 3. The largest absolute Gasteiger partial charge is 0.495 e. The lowest BCUT2D eigenvalue weighted by atomic mass is 10.2. The molecule has 0 bridgehead atoms. The van der Waals surface area contributed by atoms with E-state index < -0.39 is 22.4 Å². The second-order valence-corrected chi connectivity index (χ2v) is 5.09. The fraction of sp³-hybridized carbons (Fsp3) is 0.200. The number of carboxylic acid groups (broad SMARTS) is 1. The molecule has 1 aromatic rings. The lowest BCUT2D eigenvalue weighted by molar-refractivity contribution is -0.135. The molecule has 18 heavy (non-hydrogen) atoms. The van der Waals surface area contributed by atoms with Crippen LogP contribution in [0.15, 0.2) is 27.5 Å². The lowest BCUT2D eigenvalue weighted by Gasteiger charge is -2.19. The summed E-state index contributed by atoms with van der Waals surface area (Å²) in [6.07, 6.45) is -0.490. The Balaban J connectivity index is 2.55. The van der Waals surface area contributed by atoms with Gasteiger partial charge in [0.2, 0.25) is 0 Å². The number of methoxy groups -OCH3 is 1. The van der Waals surface area contributed by atoms with E-state index in [-0.39, 0.29) is 22.2 Å². The van der Waals surface area contributed by atoms with Crippen LogP contribution in [0.3, 0.4) is 0 Å². The second-order valence-electron chi connectivity index (χ2n) is 3.55. The Hall–Kier alpha value is -2.09. The first-order valence-corrected chi connectivity index (χ1v) is 6.37. The van der Waals surface area contributed by atoms with Crippen LogP contribution in [0, 0.1) is 0 Å². The van der Waals surface area contributed by atoms with Gasteiger partial charge in [0.15, 0.2) is 4.90 Å². The molecule has 2 N–H and O–H groups in total. The fourth-order valence-electron chi connectivity index (χ4n) is 1.63. The number of benzene rings is 1. The van der Waals surface area contributed by atoms with Crippen LogP contribution in [-0.4, -0.2) is 32.4 Å². The molecule has 2 rings (SSSR count). The molecule has 1 heterocycles. The number of hydrogen-bond donors (Lipinski definition) is 2. The van der Waals surface area contributed by atoms with Crippen LogP contribution in [0.1, 0.15) is 6.42 Å². The Bertz CT molecular complexity index is 636. The molecule has 96 valence electrons. The number of sulfonamides is 1. The molecule has 1 aliphatic heterocycles. The number of ether oxygens (including phenoxy) is 1. The van der Waals surface area contributed by atoms with Crippen molar-refractivity contribution in [2.24, 2.45) is 4.40 Å². The molecule has 8 heteroatoms. The van der Waals surface area contributed by atoms with Crippen molar-refractivity contribution < 1.29 is 23.1 Å². The van der Waals surface area contributed by atoms with E-state index in [9.17, 15) is 13.2 Å². The first-order valence-electron chi connectivity index (χ1n) is 4.93. The maximum Gasteiger partial charge on any atom is 0.311 e. The average molecular weight is 270 g/mol. The monoisotopic (exact) mass is 270 g/mol. The topological polar surface area (TPSA) is 105 Å². The molecule has 0 spiro atoms. The highest BCUT2D eigenvalue weighted by atomic mass is 32.2. The molecular formula is C10H10N2O5S. The maximum atomic E-state index is 11.9. The third-order valence-electron chi connectivity index (χ3n) is 2.28. The number of hydrogen-bond acceptors (Lipinski definition) is 5. The van der Waals surface area contributed by atoms with Crippen molar-refractivity contribution in [1.29, 1.82) is 0 Å². The SMILES string of the molecule is COc1cccc2c1S(=O)(=O)N=C(CC(=O)O)N2. The zero-order valence-electron chi connectivity index (χ0n) is 9.37. The minimum absolute atomic E-state index is 0.0818. The van der Waals surface area contributed by atoms with Gasteiger partial charge in [-0.25, -0.2) is 0 Å². The summed E-state index contributed by atoms with van der Waals surface area (Å²) in [5.41, 5.74) is 0.264. The van der Waals surface area contributed by atoms with Crippen molar-refractivity contribution in [3.8, 4) is 5.75 Å². The van der Waals surface area contributed by atoms with E-state index in [1.165, 1.54) is 19.2 Å². The maximum absolute atomic E-state index is 11.9. The normalized spacial score (nSPS) is 16.2. The highest BCUT2D eigenvalue weighted by Gasteiger charge is 2.29. The predicted molar refractivity (Wildman–Crippen MR) is 63.5 cm³/mol. The van der Waals surface area contributed by atoms with Crippen molar-refractivity contribution in [2.45, 2.75) is 11.3 Å². The van der Waals surface area contributed by atoms with Gasteiger partial charge in [-0.05, 0) is 12.1 Å².